The highest BCUT2D eigenvalue weighted by Crippen LogP contribution is 2.27. The van der Waals surface area contributed by atoms with Crippen molar-refractivity contribution in [2.75, 3.05) is 19.6 Å². The van der Waals surface area contributed by atoms with Crippen LogP contribution >= 0.6 is 0 Å². The second-order valence-corrected chi connectivity index (χ2v) is 7.51. The topological polar surface area (TPSA) is 41.6 Å². The average molecular weight is 300 g/mol. The van der Waals surface area contributed by atoms with Gasteiger partial charge in [-0.15, -0.1) is 0 Å². The van der Waals surface area contributed by atoms with Crippen LogP contribution in [0.25, 0.3) is 0 Å². The second-order valence-electron chi connectivity index (χ2n) is 7.51. The lowest BCUT2D eigenvalue weighted by atomic mass is 9.86. The number of amides is 1. The average Bonchev–Trinajstić information content (AvgIpc) is 2.75. The highest BCUT2D eigenvalue weighted by atomic mass is 19.1. The van der Waals surface area contributed by atoms with Crippen LogP contribution < -0.4 is 5.32 Å². The fourth-order valence-electron chi connectivity index (χ4n) is 3.28. The maximum absolute atomic E-state index is 13.2. The van der Waals surface area contributed by atoms with Crippen molar-refractivity contribution in [1.82, 2.24) is 10.2 Å². The molecule has 1 saturated carbocycles. The van der Waals surface area contributed by atoms with Crippen LogP contribution in [-0.4, -0.2) is 48.4 Å². The number of nitrogens with one attached hydrogen (secondary N) is 1. The highest BCUT2D eigenvalue weighted by Gasteiger charge is 2.28. The maximum Gasteiger partial charge on any atom is 0.407 e. The zero-order valence-corrected chi connectivity index (χ0v) is 13.5. The number of carbonyl (C=O) groups excluding carboxylic acids is 1. The molecule has 1 aliphatic carbocycles. The van der Waals surface area contributed by atoms with Crippen LogP contribution in [0, 0.1) is 5.92 Å². The normalized spacial score (nSPS) is 31.1. The fraction of sp³-hybridized carbons (Fsp3) is 0.938. The van der Waals surface area contributed by atoms with Crippen molar-refractivity contribution in [3.8, 4) is 0 Å². The van der Waals surface area contributed by atoms with Crippen molar-refractivity contribution < 1.29 is 13.9 Å². The first-order chi connectivity index (χ1) is 9.82. The fourth-order valence-corrected chi connectivity index (χ4v) is 3.28. The Kier molecular flexibility index (Phi) is 5.47. The van der Waals surface area contributed by atoms with Gasteiger partial charge in [0, 0.05) is 25.7 Å². The van der Waals surface area contributed by atoms with Crippen LogP contribution in [0.1, 0.15) is 52.9 Å². The number of halogens is 1. The maximum atomic E-state index is 13.2. The summed E-state index contributed by atoms with van der Waals surface area (Å²) in [5.41, 5.74) is -0.444. The smallest absolute Gasteiger partial charge is 0.407 e. The van der Waals surface area contributed by atoms with E-state index >= 15 is 0 Å². The number of carbonyl (C=O) groups is 1. The number of hydrogen-bond donors (Lipinski definition) is 1. The molecule has 122 valence electrons. The minimum Gasteiger partial charge on any atom is -0.444 e. The Morgan fingerprint density at radius 3 is 2.43 bits per heavy atom. The van der Waals surface area contributed by atoms with Crippen LogP contribution in [-0.2, 0) is 4.74 Å². The Bertz CT molecular complexity index is 349. The molecule has 21 heavy (non-hydrogen) atoms. The summed E-state index contributed by atoms with van der Waals surface area (Å²) in [7, 11) is 0. The molecule has 0 aromatic carbocycles. The van der Waals surface area contributed by atoms with Gasteiger partial charge < -0.3 is 15.0 Å². The summed E-state index contributed by atoms with van der Waals surface area (Å²) in [5, 5.41) is 2.96. The van der Waals surface area contributed by atoms with E-state index in [0.29, 0.717) is 18.9 Å². The van der Waals surface area contributed by atoms with Gasteiger partial charge in [-0.1, -0.05) is 0 Å². The van der Waals surface area contributed by atoms with Crippen molar-refractivity contribution in [2.45, 2.75) is 70.7 Å². The zero-order chi connectivity index (χ0) is 15.5. The van der Waals surface area contributed by atoms with Gasteiger partial charge in [-0.3, -0.25) is 0 Å². The second kappa shape index (κ2) is 6.95. The highest BCUT2D eigenvalue weighted by molar-refractivity contribution is 5.68. The lowest BCUT2D eigenvalue weighted by molar-refractivity contribution is 0.0484. The molecule has 1 aliphatic heterocycles. The number of rotatable bonds is 3. The summed E-state index contributed by atoms with van der Waals surface area (Å²) in [4.78, 5) is 14.0. The monoisotopic (exact) mass is 300 g/mol. The van der Waals surface area contributed by atoms with Gasteiger partial charge in [0.25, 0.3) is 0 Å². The molecule has 2 fully saturated rings. The van der Waals surface area contributed by atoms with E-state index in [1.165, 1.54) is 0 Å². The molecule has 1 atom stereocenters. The summed E-state index contributed by atoms with van der Waals surface area (Å²) in [5.74, 6) is 0.645. The molecule has 2 aliphatic rings. The molecular weight excluding hydrogens is 271 g/mol. The summed E-state index contributed by atoms with van der Waals surface area (Å²) < 4.78 is 18.5. The number of likely N-dealkylation sites (tertiary alicyclic amines) is 1. The Balaban J connectivity index is 1.65. The van der Waals surface area contributed by atoms with Crippen molar-refractivity contribution in [2.24, 2.45) is 5.92 Å². The van der Waals surface area contributed by atoms with Gasteiger partial charge in [0.15, 0.2) is 0 Å². The molecule has 0 bridgehead atoms. The van der Waals surface area contributed by atoms with E-state index in [4.69, 9.17) is 4.74 Å². The van der Waals surface area contributed by atoms with E-state index < -0.39 is 11.8 Å². The van der Waals surface area contributed by atoms with Gasteiger partial charge in [0.2, 0.25) is 0 Å². The van der Waals surface area contributed by atoms with Crippen molar-refractivity contribution in [3.63, 3.8) is 0 Å². The Labute approximate surface area is 127 Å². The van der Waals surface area contributed by atoms with E-state index in [1.54, 1.807) is 0 Å². The zero-order valence-electron chi connectivity index (χ0n) is 13.5. The van der Waals surface area contributed by atoms with Gasteiger partial charge in [0.1, 0.15) is 11.8 Å². The molecule has 1 amide bonds. The van der Waals surface area contributed by atoms with Crippen LogP contribution in [0.4, 0.5) is 9.18 Å². The minimum atomic E-state index is -0.629. The van der Waals surface area contributed by atoms with E-state index in [9.17, 15) is 9.18 Å². The number of ether oxygens (including phenoxy) is 1. The molecule has 4 nitrogen and oxygen atoms in total. The van der Waals surface area contributed by atoms with Crippen molar-refractivity contribution in [1.29, 1.82) is 0 Å². The summed E-state index contributed by atoms with van der Waals surface area (Å²) in [6.45, 7) is 8.14. The van der Waals surface area contributed by atoms with E-state index in [-0.39, 0.29) is 12.1 Å². The quantitative estimate of drug-likeness (QED) is 0.870. The van der Waals surface area contributed by atoms with Gasteiger partial charge in [-0.25, -0.2) is 9.18 Å². The number of alkyl halides is 1. The summed E-state index contributed by atoms with van der Waals surface area (Å²) in [6, 6.07) is 0.226. The SMILES string of the molecule is CC(C)(C)OC(=O)NC1CCC(CN2CC[C@@H](F)C2)CC1. The molecule has 1 saturated heterocycles. The molecule has 0 aromatic heterocycles. The lowest BCUT2D eigenvalue weighted by Crippen LogP contribution is -2.42. The Hall–Kier alpha value is -0.840. The van der Waals surface area contributed by atoms with Gasteiger partial charge >= 0.3 is 6.09 Å². The predicted molar refractivity (Wildman–Crippen MR) is 81.1 cm³/mol. The van der Waals surface area contributed by atoms with E-state index in [2.05, 4.69) is 10.2 Å². The van der Waals surface area contributed by atoms with E-state index in [1.807, 2.05) is 20.8 Å². The molecule has 1 heterocycles. The van der Waals surface area contributed by atoms with E-state index in [0.717, 1.165) is 38.8 Å². The van der Waals surface area contributed by atoms with Crippen molar-refractivity contribution >= 4 is 6.09 Å². The van der Waals surface area contributed by atoms with Gasteiger partial charge in [-0.2, -0.15) is 0 Å². The number of nitrogens with zero attached hydrogens (tertiary/aromatic N) is 1. The first-order valence-corrected chi connectivity index (χ1v) is 8.18. The predicted octanol–water partition coefficient (Wildman–Crippen LogP) is 3.11. The molecule has 0 unspecified atom stereocenters. The molecule has 0 radical (unpaired) electrons. The summed E-state index contributed by atoms with van der Waals surface area (Å²) >= 11 is 0. The third kappa shape index (κ3) is 5.81. The molecule has 0 aromatic rings. The standard InChI is InChI=1S/C16H29FN2O2/c1-16(2,3)21-15(20)18-14-6-4-12(5-7-14)10-19-9-8-13(17)11-19/h12-14H,4-11H2,1-3H3,(H,18,20)/t12?,13-,14?/m1/s1. The third-order valence-electron chi connectivity index (χ3n) is 4.30. The van der Waals surface area contributed by atoms with Crippen LogP contribution in [0.5, 0.6) is 0 Å². The lowest BCUT2D eigenvalue weighted by Gasteiger charge is -2.32. The largest absolute Gasteiger partial charge is 0.444 e. The molecular formula is C16H29FN2O2. The molecule has 0 spiro atoms. The van der Waals surface area contributed by atoms with Gasteiger partial charge in [0.05, 0.1) is 0 Å². The first kappa shape index (κ1) is 16.5. The molecule has 2 rings (SSSR count). The number of alkyl carbamates (subject to hydrolysis) is 1. The molecule has 1 N–H and O–H groups in total. The van der Waals surface area contributed by atoms with Crippen LogP contribution in [0.15, 0.2) is 0 Å². The third-order valence-corrected chi connectivity index (χ3v) is 4.30. The Morgan fingerprint density at radius 1 is 1.24 bits per heavy atom. The number of hydrogen-bond acceptors (Lipinski definition) is 3. The Morgan fingerprint density at radius 2 is 1.90 bits per heavy atom. The van der Waals surface area contributed by atoms with Crippen LogP contribution in [0.3, 0.4) is 0 Å². The van der Waals surface area contributed by atoms with Gasteiger partial charge in [-0.05, 0) is 58.8 Å². The van der Waals surface area contributed by atoms with Crippen molar-refractivity contribution in [3.05, 3.63) is 0 Å². The summed E-state index contributed by atoms with van der Waals surface area (Å²) in [6.07, 6.45) is 3.95. The minimum absolute atomic E-state index is 0.226. The molecule has 5 heteroatoms. The first-order valence-electron chi connectivity index (χ1n) is 8.18. The van der Waals surface area contributed by atoms with Crippen LogP contribution in [0.2, 0.25) is 0 Å².